The lowest BCUT2D eigenvalue weighted by Crippen LogP contribution is -2.49. The molecule has 0 radical (unpaired) electrons. The lowest BCUT2D eigenvalue weighted by molar-refractivity contribution is -0.158. The number of carbonyl (C=O) groups is 2. The minimum atomic E-state index is -0.825. The molecule has 1 atom stereocenters. The number of esters is 1. The molecule has 2 heterocycles. The Morgan fingerprint density at radius 2 is 2.10 bits per heavy atom. The Hall–Kier alpha value is -1.08. The van der Waals surface area contributed by atoms with Gasteiger partial charge in [-0.1, -0.05) is 34.8 Å². The fourth-order valence-corrected chi connectivity index (χ4v) is 2.41. The van der Waals surface area contributed by atoms with Crippen LogP contribution in [0.4, 0.5) is 0 Å². The Morgan fingerprint density at radius 1 is 1.38 bits per heavy atom. The van der Waals surface area contributed by atoms with E-state index in [9.17, 15) is 9.59 Å². The molecule has 9 heteroatoms. The second kappa shape index (κ2) is 6.79. The summed E-state index contributed by atoms with van der Waals surface area (Å²) >= 11 is 17.7. The highest BCUT2D eigenvalue weighted by Crippen LogP contribution is 2.31. The molecule has 0 N–H and O–H groups in total. The van der Waals surface area contributed by atoms with Gasteiger partial charge in [0.2, 0.25) is 0 Å². The van der Waals surface area contributed by atoms with E-state index in [2.05, 4.69) is 9.72 Å². The number of halogens is 3. The summed E-state index contributed by atoms with van der Waals surface area (Å²) in [6, 6.07) is 0. The first kappa shape index (κ1) is 16.3. The first-order valence-electron chi connectivity index (χ1n) is 5.94. The van der Waals surface area contributed by atoms with E-state index in [1.807, 2.05) is 0 Å². The Balaban J connectivity index is 2.20. The molecule has 114 valence electrons. The lowest BCUT2D eigenvalue weighted by Gasteiger charge is -2.31. The number of carbonyl (C=O) groups excluding carboxylic acids is 2. The number of amides is 1. The van der Waals surface area contributed by atoms with Crippen molar-refractivity contribution in [3.05, 3.63) is 27.0 Å². The Labute approximate surface area is 135 Å². The average Bonchev–Trinajstić information content (AvgIpc) is 2.51. The van der Waals surface area contributed by atoms with Gasteiger partial charge in [-0.3, -0.25) is 4.79 Å². The quantitative estimate of drug-likeness (QED) is 0.761. The van der Waals surface area contributed by atoms with Gasteiger partial charge in [-0.25, -0.2) is 9.78 Å². The molecule has 6 nitrogen and oxygen atoms in total. The Kier molecular flexibility index (Phi) is 5.27. The highest BCUT2D eigenvalue weighted by molar-refractivity contribution is 6.48. The smallest absolute Gasteiger partial charge is 0.336 e. The maximum atomic E-state index is 12.4. The summed E-state index contributed by atoms with van der Waals surface area (Å²) in [6.07, 6.45) is 0.426. The van der Waals surface area contributed by atoms with Crippen LogP contribution in [0.2, 0.25) is 15.1 Å². The number of hydrogen-bond acceptors (Lipinski definition) is 5. The summed E-state index contributed by atoms with van der Waals surface area (Å²) in [5.74, 6) is -0.989. The van der Waals surface area contributed by atoms with Gasteiger partial charge in [-0.15, -0.1) is 0 Å². The average molecular weight is 354 g/mol. The second-order valence-corrected chi connectivity index (χ2v) is 5.38. The van der Waals surface area contributed by atoms with Gasteiger partial charge in [-0.05, 0) is 0 Å². The molecule has 0 bridgehead atoms. The van der Waals surface area contributed by atoms with Gasteiger partial charge in [0.1, 0.15) is 5.69 Å². The minimum Gasteiger partial charge on any atom is -0.467 e. The number of methoxy groups -OCH3 is 1. The predicted octanol–water partition coefficient (Wildman–Crippen LogP) is 2.06. The summed E-state index contributed by atoms with van der Waals surface area (Å²) in [4.78, 5) is 29.2. The van der Waals surface area contributed by atoms with Crippen LogP contribution in [0.5, 0.6) is 0 Å². The number of aromatic nitrogens is 1. The predicted molar refractivity (Wildman–Crippen MR) is 76.9 cm³/mol. The van der Waals surface area contributed by atoms with Crippen LogP contribution in [0.3, 0.4) is 0 Å². The highest BCUT2D eigenvalue weighted by atomic mass is 35.5. The van der Waals surface area contributed by atoms with Gasteiger partial charge < -0.3 is 14.4 Å². The molecule has 1 aromatic heterocycles. The second-order valence-electron chi connectivity index (χ2n) is 4.22. The van der Waals surface area contributed by atoms with E-state index in [1.165, 1.54) is 18.2 Å². The zero-order valence-electron chi connectivity index (χ0n) is 10.9. The Bertz CT molecular complexity index is 582. The van der Waals surface area contributed by atoms with E-state index in [0.29, 0.717) is 6.54 Å². The van der Waals surface area contributed by atoms with Gasteiger partial charge in [-0.2, -0.15) is 0 Å². The number of pyridine rings is 1. The monoisotopic (exact) mass is 352 g/mol. The van der Waals surface area contributed by atoms with Crippen molar-refractivity contribution >= 4 is 46.7 Å². The molecular weight excluding hydrogens is 343 g/mol. The molecule has 0 aromatic carbocycles. The van der Waals surface area contributed by atoms with E-state index >= 15 is 0 Å². The van der Waals surface area contributed by atoms with Crippen LogP contribution in [-0.4, -0.2) is 54.7 Å². The standard InChI is InChI=1S/C12H11Cl3N2O4/c1-20-12(19)7-5-17(2-3-21-7)11(18)10-9(15)8(14)6(13)4-16-10/h4,7H,2-3,5H2,1H3. The fourth-order valence-electron chi connectivity index (χ4n) is 1.85. The van der Waals surface area contributed by atoms with Crippen LogP contribution in [0.15, 0.2) is 6.20 Å². The van der Waals surface area contributed by atoms with Crippen LogP contribution in [0.1, 0.15) is 10.5 Å². The number of rotatable bonds is 2. The molecule has 1 unspecified atom stereocenters. The molecule has 0 saturated carbocycles. The zero-order valence-corrected chi connectivity index (χ0v) is 13.2. The summed E-state index contributed by atoms with van der Waals surface area (Å²) in [7, 11) is 1.25. The molecule has 2 rings (SSSR count). The molecule has 1 aliphatic rings. The Morgan fingerprint density at radius 3 is 2.76 bits per heavy atom. The van der Waals surface area contributed by atoms with Gasteiger partial charge >= 0.3 is 5.97 Å². The first-order valence-corrected chi connectivity index (χ1v) is 7.07. The molecule has 21 heavy (non-hydrogen) atoms. The number of hydrogen-bond donors (Lipinski definition) is 0. The van der Waals surface area contributed by atoms with Crippen LogP contribution < -0.4 is 0 Å². The molecule has 0 spiro atoms. The maximum Gasteiger partial charge on any atom is 0.336 e. The third-order valence-electron chi connectivity index (χ3n) is 2.94. The van der Waals surface area contributed by atoms with Gasteiger partial charge in [0.25, 0.3) is 5.91 Å². The summed E-state index contributed by atoms with van der Waals surface area (Å²) in [5.41, 5.74) is -0.0171. The zero-order chi connectivity index (χ0) is 15.6. The summed E-state index contributed by atoms with van der Waals surface area (Å²) in [5, 5.41) is 0.206. The summed E-state index contributed by atoms with van der Waals surface area (Å²) in [6.45, 7) is 0.582. The van der Waals surface area contributed by atoms with Crippen LogP contribution in [0, 0.1) is 0 Å². The fraction of sp³-hybridized carbons (Fsp3) is 0.417. The SMILES string of the molecule is COC(=O)C1CN(C(=O)c2ncc(Cl)c(Cl)c2Cl)CCO1. The van der Waals surface area contributed by atoms with Crippen molar-refractivity contribution in [1.29, 1.82) is 0 Å². The van der Waals surface area contributed by atoms with E-state index in [0.717, 1.165) is 0 Å². The first-order chi connectivity index (χ1) is 9.95. The van der Waals surface area contributed by atoms with E-state index < -0.39 is 18.0 Å². The lowest BCUT2D eigenvalue weighted by atomic mass is 10.2. The molecule has 1 fully saturated rings. The molecule has 1 aliphatic heterocycles. The van der Waals surface area contributed by atoms with Crippen molar-refractivity contribution in [2.75, 3.05) is 26.8 Å². The molecule has 1 saturated heterocycles. The van der Waals surface area contributed by atoms with Crippen molar-refractivity contribution in [2.45, 2.75) is 6.10 Å². The van der Waals surface area contributed by atoms with E-state index in [4.69, 9.17) is 39.5 Å². The van der Waals surface area contributed by atoms with Crippen molar-refractivity contribution in [3.63, 3.8) is 0 Å². The van der Waals surface area contributed by atoms with Crippen molar-refractivity contribution in [1.82, 2.24) is 9.88 Å². The minimum absolute atomic E-state index is 0.0171. The molecule has 1 amide bonds. The highest BCUT2D eigenvalue weighted by Gasteiger charge is 2.32. The third-order valence-corrected chi connectivity index (χ3v) is 4.18. The van der Waals surface area contributed by atoms with Crippen LogP contribution in [0.25, 0.3) is 0 Å². The largest absolute Gasteiger partial charge is 0.467 e. The van der Waals surface area contributed by atoms with E-state index in [-0.39, 0.29) is 33.9 Å². The maximum absolute atomic E-state index is 12.4. The third kappa shape index (κ3) is 3.40. The van der Waals surface area contributed by atoms with Gasteiger partial charge in [0.05, 0.1) is 35.3 Å². The van der Waals surface area contributed by atoms with Gasteiger partial charge in [0.15, 0.2) is 6.10 Å². The van der Waals surface area contributed by atoms with Crippen molar-refractivity contribution in [3.8, 4) is 0 Å². The van der Waals surface area contributed by atoms with Crippen molar-refractivity contribution < 1.29 is 19.1 Å². The normalized spacial score (nSPS) is 18.5. The number of morpholine rings is 1. The molecule has 0 aliphatic carbocycles. The summed E-state index contributed by atoms with van der Waals surface area (Å²) < 4.78 is 9.85. The number of nitrogens with zero attached hydrogens (tertiary/aromatic N) is 2. The molecule has 1 aromatic rings. The van der Waals surface area contributed by atoms with Crippen LogP contribution >= 0.6 is 34.8 Å². The topological polar surface area (TPSA) is 68.7 Å². The van der Waals surface area contributed by atoms with Gasteiger partial charge in [0, 0.05) is 12.7 Å². The van der Waals surface area contributed by atoms with Crippen LogP contribution in [-0.2, 0) is 14.3 Å². The molecular formula is C12H11Cl3N2O4. The van der Waals surface area contributed by atoms with Crippen molar-refractivity contribution in [2.24, 2.45) is 0 Å². The number of ether oxygens (including phenoxy) is 2. The van der Waals surface area contributed by atoms with E-state index in [1.54, 1.807) is 0 Å².